The molecule has 0 radical (unpaired) electrons. The Hall–Kier alpha value is -0.570. The molecular weight excluding hydrogens is 154 g/mol. The van der Waals surface area contributed by atoms with E-state index < -0.39 is 0 Å². The minimum Gasteiger partial charge on any atom is -0.359 e. The topological polar surface area (TPSA) is 38.3 Å². The van der Waals surface area contributed by atoms with Crippen LogP contribution in [0.2, 0.25) is 0 Å². The van der Waals surface area contributed by atoms with Crippen molar-refractivity contribution < 1.29 is 9.53 Å². The molecule has 1 unspecified atom stereocenters. The van der Waals surface area contributed by atoms with E-state index in [9.17, 15) is 4.79 Å². The summed E-state index contributed by atoms with van der Waals surface area (Å²) in [6, 6.07) is 0. The van der Waals surface area contributed by atoms with Crippen LogP contribution in [0.1, 0.15) is 34.1 Å². The maximum atomic E-state index is 10.9. The van der Waals surface area contributed by atoms with Crippen molar-refractivity contribution in [1.29, 1.82) is 0 Å². The van der Waals surface area contributed by atoms with Crippen molar-refractivity contribution >= 4 is 5.91 Å². The number of nitrogens with one attached hydrogen (secondary N) is 1. The Bertz CT molecular complexity index is 134. The number of amides is 1. The highest BCUT2D eigenvalue weighted by atomic mass is 16.5. The summed E-state index contributed by atoms with van der Waals surface area (Å²) in [5.74, 6) is 0.539. The first-order valence-corrected chi connectivity index (χ1v) is 4.47. The number of hydrogen-bond acceptors (Lipinski definition) is 2. The van der Waals surface area contributed by atoms with Gasteiger partial charge in [-0.1, -0.05) is 20.8 Å². The Balaban J connectivity index is 3.45. The molecule has 0 spiro atoms. The first-order chi connectivity index (χ1) is 5.56. The molecule has 12 heavy (non-hydrogen) atoms. The number of rotatable bonds is 5. The van der Waals surface area contributed by atoms with Crippen LogP contribution in [0, 0.1) is 5.92 Å². The Morgan fingerprint density at radius 1 is 1.42 bits per heavy atom. The van der Waals surface area contributed by atoms with Gasteiger partial charge in [-0.05, 0) is 12.8 Å². The van der Waals surface area contributed by atoms with Gasteiger partial charge in [0, 0.05) is 6.42 Å². The first-order valence-electron chi connectivity index (χ1n) is 4.47. The molecule has 1 atom stereocenters. The average Bonchev–Trinajstić information content (AvgIpc) is 2.00. The van der Waals surface area contributed by atoms with Gasteiger partial charge >= 0.3 is 0 Å². The quantitative estimate of drug-likeness (QED) is 0.640. The van der Waals surface area contributed by atoms with Crippen LogP contribution < -0.4 is 5.32 Å². The van der Waals surface area contributed by atoms with E-state index in [1.165, 1.54) is 0 Å². The van der Waals surface area contributed by atoms with Crippen LogP contribution in [0.15, 0.2) is 0 Å². The van der Waals surface area contributed by atoms with Gasteiger partial charge < -0.3 is 10.1 Å². The van der Waals surface area contributed by atoms with E-state index in [-0.39, 0.29) is 12.1 Å². The lowest BCUT2D eigenvalue weighted by Gasteiger charge is -2.15. The monoisotopic (exact) mass is 173 g/mol. The molecule has 0 rings (SSSR count). The fourth-order valence-electron chi connectivity index (χ4n) is 0.707. The van der Waals surface area contributed by atoms with Crippen molar-refractivity contribution in [2.24, 2.45) is 5.92 Å². The molecule has 3 nitrogen and oxygen atoms in total. The van der Waals surface area contributed by atoms with Crippen molar-refractivity contribution in [1.82, 2.24) is 5.32 Å². The lowest BCUT2D eigenvalue weighted by Crippen LogP contribution is -2.34. The Labute approximate surface area is 74.5 Å². The van der Waals surface area contributed by atoms with Gasteiger partial charge in [0.15, 0.2) is 0 Å². The summed E-state index contributed by atoms with van der Waals surface area (Å²) >= 11 is 0. The van der Waals surface area contributed by atoms with Gasteiger partial charge in [-0.15, -0.1) is 0 Å². The van der Waals surface area contributed by atoms with Gasteiger partial charge in [-0.25, -0.2) is 0 Å². The zero-order valence-corrected chi connectivity index (χ0v) is 8.39. The molecule has 0 aromatic rings. The highest BCUT2D eigenvalue weighted by molar-refractivity contribution is 5.75. The molecule has 0 aliphatic carbocycles. The maximum absolute atomic E-state index is 10.9. The third-order valence-corrected chi connectivity index (χ3v) is 1.36. The highest BCUT2D eigenvalue weighted by Gasteiger charge is 2.05. The SMILES string of the molecule is CCC(=O)NC(C)OCC(C)C. The normalized spacial score (nSPS) is 13.1. The molecule has 0 aliphatic heterocycles. The zero-order valence-electron chi connectivity index (χ0n) is 8.39. The summed E-state index contributed by atoms with van der Waals surface area (Å²) in [7, 11) is 0. The molecule has 1 amide bonds. The van der Waals surface area contributed by atoms with Gasteiger partial charge in [-0.2, -0.15) is 0 Å². The Morgan fingerprint density at radius 2 is 2.00 bits per heavy atom. The predicted molar refractivity (Wildman–Crippen MR) is 48.7 cm³/mol. The van der Waals surface area contributed by atoms with E-state index in [0.717, 1.165) is 0 Å². The summed E-state index contributed by atoms with van der Waals surface area (Å²) < 4.78 is 5.34. The van der Waals surface area contributed by atoms with Crippen LogP contribution >= 0.6 is 0 Å². The van der Waals surface area contributed by atoms with Gasteiger partial charge in [0.1, 0.15) is 6.23 Å². The van der Waals surface area contributed by atoms with Gasteiger partial charge in [0.05, 0.1) is 6.61 Å². The fraction of sp³-hybridized carbons (Fsp3) is 0.889. The molecule has 0 aromatic heterocycles. The second kappa shape index (κ2) is 6.00. The van der Waals surface area contributed by atoms with Crippen LogP contribution in [-0.2, 0) is 9.53 Å². The molecular formula is C9H19NO2. The fourth-order valence-corrected chi connectivity index (χ4v) is 0.707. The van der Waals surface area contributed by atoms with Crippen molar-refractivity contribution in [3.63, 3.8) is 0 Å². The van der Waals surface area contributed by atoms with Crippen LogP contribution in [0.5, 0.6) is 0 Å². The first kappa shape index (κ1) is 11.4. The largest absolute Gasteiger partial charge is 0.359 e. The van der Waals surface area contributed by atoms with Crippen LogP contribution in [0.25, 0.3) is 0 Å². The number of carbonyl (C=O) groups is 1. The molecule has 0 bridgehead atoms. The molecule has 3 heteroatoms. The van der Waals surface area contributed by atoms with E-state index in [0.29, 0.717) is 18.9 Å². The summed E-state index contributed by atoms with van der Waals surface area (Å²) in [6.45, 7) is 8.51. The minimum absolute atomic E-state index is 0.0336. The molecule has 0 fully saturated rings. The van der Waals surface area contributed by atoms with E-state index in [1.807, 2.05) is 13.8 Å². The van der Waals surface area contributed by atoms with E-state index in [4.69, 9.17) is 4.74 Å². The lowest BCUT2D eigenvalue weighted by molar-refractivity contribution is -0.125. The van der Waals surface area contributed by atoms with Crippen LogP contribution in [0.3, 0.4) is 0 Å². The standard InChI is InChI=1S/C9H19NO2/c1-5-9(11)10-8(4)12-6-7(2)3/h7-8H,5-6H2,1-4H3,(H,10,11). The smallest absolute Gasteiger partial charge is 0.221 e. The maximum Gasteiger partial charge on any atom is 0.221 e. The summed E-state index contributed by atoms with van der Waals surface area (Å²) in [5.41, 5.74) is 0. The number of carbonyl (C=O) groups excluding carboxylic acids is 1. The third kappa shape index (κ3) is 6.16. The van der Waals surface area contributed by atoms with Crippen molar-refractivity contribution in [2.45, 2.75) is 40.3 Å². The number of ether oxygens (including phenoxy) is 1. The van der Waals surface area contributed by atoms with Crippen molar-refractivity contribution in [2.75, 3.05) is 6.61 Å². The summed E-state index contributed by atoms with van der Waals surface area (Å²) in [4.78, 5) is 10.9. The molecule has 0 saturated heterocycles. The second-order valence-electron chi connectivity index (χ2n) is 3.29. The molecule has 0 saturated carbocycles. The van der Waals surface area contributed by atoms with E-state index in [1.54, 1.807) is 0 Å². The van der Waals surface area contributed by atoms with Gasteiger partial charge in [-0.3, -0.25) is 4.79 Å². The Kier molecular flexibility index (Phi) is 5.72. The Morgan fingerprint density at radius 3 is 2.42 bits per heavy atom. The molecule has 0 heterocycles. The van der Waals surface area contributed by atoms with Crippen molar-refractivity contribution in [3.8, 4) is 0 Å². The summed E-state index contributed by atoms with van der Waals surface area (Å²) in [6.07, 6.45) is 0.342. The molecule has 0 aromatic carbocycles. The lowest BCUT2D eigenvalue weighted by atomic mass is 10.2. The van der Waals surface area contributed by atoms with Crippen LogP contribution in [0.4, 0.5) is 0 Å². The molecule has 1 N–H and O–H groups in total. The summed E-state index contributed by atoms with van der Waals surface area (Å²) in [5, 5.41) is 2.72. The van der Waals surface area contributed by atoms with Gasteiger partial charge in [0.25, 0.3) is 0 Å². The third-order valence-electron chi connectivity index (χ3n) is 1.36. The number of hydrogen-bond donors (Lipinski definition) is 1. The van der Waals surface area contributed by atoms with Crippen molar-refractivity contribution in [3.05, 3.63) is 0 Å². The molecule has 0 aliphatic rings. The second-order valence-corrected chi connectivity index (χ2v) is 3.29. The minimum atomic E-state index is -0.167. The van der Waals surface area contributed by atoms with Crippen LogP contribution in [-0.4, -0.2) is 18.7 Å². The van der Waals surface area contributed by atoms with E-state index in [2.05, 4.69) is 19.2 Å². The molecule has 72 valence electrons. The zero-order chi connectivity index (χ0) is 9.56. The van der Waals surface area contributed by atoms with E-state index >= 15 is 0 Å². The van der Waals surface area contributed by atoms with Gasteiger partial charge in [0.2, 0.25) is 5.91 Å². The average molecular weight is 173 g/mol. The predicted octanol–water partition coefficient (Wildman–Crippen LogP) is 1.53. The highest BCUT2D eigenvalue weighted by Crippen LogP contribution is 1.95.